The lowest BCUT2D eigenvalue weighted by Crippen LogP contribution is -2.52. The summed E-state index contributed by atoms with van der Waals surface area (Å²) in [6, 6.07) is 3.69. The molecule has 0 bridgehead atoms. The Morgan fingerprint density at radius 1 is 1.24 bits per heavy atom. The predicted octanol–water partition coefficient (Wildman–Crippen LogP) is 4.01. The number of amidine groups is 1. The number of carbonyl (C=O) groups is 3. The summed E-state index contributed by atoms with van der Waals surface area (Å²) >= 11 is 1.17. The molecule has 1 atom stereocenters. The van der Waals surface area contributed by atoms with Gasteiger partial charge in [0.1, 0.15) is 6.21 Å². The number of halogens is 3. The lowest BCUT2D eigenvalue weighted by molar-refractivity contribution is -0.407. The highest BCUT2D eigenvalue weighted by atomic mass is 32.2. The smallest absolute Gasteiger partial charge is 0.325 e. The van der Waals surface area contributed by atoms with Gasteiger partial charge in [-0.3, -0.25) is 9.59 Å². The van der Waals surface area contributed by atoms with Gasteiger partial charge >= 0.3 is 18.1 Å². The zero-order valence-electron chi connectivity index (χ0n) is 18.6. The van der Waals surface area contributed by atoms with Crippen LogP contribution in [-0.2, 0) is 15.8 Å². The number of amides is 4. The minimum Gasteiger partial charge on any atom is -0.325 e. The van der Waals surface area contributed by atoms with Gasteiger partial charge in [-0.05, 0) is 42.2 Å². The van der Waals surface area contributed by atoms with E-state index in [1.165, 1.54) is 42.6 Å². The number of imide groups is 1. The maximum atomic E-state index is 12.9. The van der Waals surface area contributed by atoms with Gasteiger partial charge in [-0.1, -0.05) is 13.8 Å². The van der Waals surface area contributed by atoms with Gasteiger partial charge in [0.15, 0.2) is 5.92 Å². The Labute approximate surface area is 193 Å². The number of urea groups is 1. The van der Waals surface area contributed by atoms with Gasteiger partial charge in [0.05, 0.1) is 25.4 Å². The summed E-state index contributed by atoms with van der Waals surface area (Å²) in [4.78, 5) is 43.8. The zero-order chi connectivity index (χ0) is 24.5. The number of rotatable bonds is 6. The maximum absolute atomic E-state index is 12.9. The summed E-state index contributed by atoms with van der Waals surface area (Å²) in [6.07, 6.45) is -2.20. The van der Waals surface area contributed by atoms with Crippen molar-refractivity contribution in [1.82, 2.24) is 4.90 Å². The quantitative estimate of drug-likeness (QED) is 0.623. The van der Waals surface area contributed by atoms with Gasteiger partial charge < -0.3 is 5.32 Å². The predicted molar refractivity (Wildman–Crippen MR) is 120 cm³/mol. The molecule has 33 heavy (non-hydrogen) atoms. The molecule has 0 aromatic heterocycles. The molecule has 0 spiro atoms. The second kappa shape index (κ2) is 9.50. The number of fused-ring (bicyclic) bond motifs is 1. The number of carbonyl (C=O) groups excluding carboxylic acids is 3. The van der Waals surface area contributed by atoms with Crippen LogP contribution >= 0.6 is 11.8 Å². The topological polar surface area (TPSA) is 81.9 Å². The molecule has 2 aliphatic rings. The van der Waals surface area contributed by atoms with Crippen molar-refractivity contribution >= 4 is 47.3 Å². The maximum Gasteiger partial charge on any atom is 0.445 e. The van der Waals surface area contributed by atoms with Crippen LogP contribution in [0.15, 0.2) is 39.7 Å². The highest BCUT2D eigenvalue weighted by Crippen LogP contribution is 2.37. The van der Waals surface area contributed by atoms with Crippen LogP contribution < -0.4 is 5.32 Å². The van der Waals surface area contributed by atoms with E-state index in [1.807, 2.05) is 13.8 Å². The standard InChI is InChI=1S/C22H23F3N4O3S/c1-12(2)9-13-10-26-19-17(20(31)29(4)21(32)28(19)3)18(13)33-11-16(30)27-15-7-5-14(6-8-15)22(23,24)25/h5-8,10,12,17H,9,11H2,1-4H3/p+1. The number of dihydropyridines is 1. The highest BCUT2D eigenvalue weighted by molar-refractivity contribution is 8.03. The molecule has 11 heteroatoms. The Morgan fingerprint density at radius 2 is 1.88 bits per heavy atom. The first-order valence-electron chi connectivity index (χ1n) is 10.2. The number of thioether (sulfide) groups is 1. The van der Waals surface area contributed by atoms with Gasteiger partial charge in [-0.15, -0.1) is 16.8 Å². The lowest BCUT2D eigenvalue weighted by Gasteiger charge is -2.28. The molecule has 1 N–H and O–H groups in total. The summed E-state index contributed by atoms with van der Waals surface area (Å²) in [5, 5.41) is 2.57. The summed E-state index contributed by atoms with van der Waals surface area (Å²) in [5.41, 5.74) is 0.248. The average molecular weight is 482 g/mol. The highest BCUT2D eigenvalue weighted by Gasteiger charge is 2.48. The van der Waals surface area contributed by atoms with E-state index in [0.29, 0.717) is 17.2 Å². The Kier molecular flexibility index (Phi) is 7.11. The van der Waals surface area contributed by atoms with Crippen LogP contribution in [0.3, 0.4) is 0 Å². The number of nitrogens with zero attached hydrogens (tertiary/aromatic N) is 3. The second-order valence-corrected chi connectivity index (χ2v) is 9.20. The van der Waals surface area contributed by atoms with E-state index >= 15 is 0 Å². The number of alkyl halides is 3. The van der Waals surface area contributed by atoms with Crippen molar-refractivity contribution in [1.29, 1.82) is 0 Å². The van der Waals surface area contributed by atoms with E-state index in [9.17, 15) is 27.6 Å². The molecule has 1 aromatic carbocycles. The number of anilines is 1. The molecule has 2 heterocycles. The monoisotopic (exact) mass is 481 g/mol. The fourth-order valence-electron chi connectivity index (χ4n) is 3.55. The Balaban J connectivity index is 1.80. The number of nitrogens with one attached hydrogen (secondary N) is 1. The normalized spacial score (nSPS) is 18.9. The first-order valence-corrected chi connectivity index (χ1v) is 11.2. The van der Waals surface area contributed by atoms with Crippen LogP contribution in [0.4, 0.5) is 23.7 Å². The molecule has 1 unspecified atom stereocenters. The molecular formula is C22H24F3N4O3S+. The summed E-state index contributed by atoms with van der Waals surface area (Å²) in [6.45, 7) is 4.04. The van der Waals surface area contributed by atoms with Crippen LogP contribution in [0.2, 0.25) is 0 Å². The molecule has 3 rings (SSSR count). The van der Waals surface area contributed by atoms with Crippen molar-refractivity contribution in [3.63, 3.8) is 0 Å². The SMILES string of the molecule is CC(C)CC1=C(SCC(=O)Nc2ccc(C(F)(F)F)cc2)C2C(=O)N(C)C(=O)[N+](C)=C2N=C1. The minimum absolute atomic E-state index is 0.0653. The van der Waals surface area contributed by atoms with Crippen LogP contribution in [0, 0.1) is 11.8 Å². The number of aliphatic imine (C=N–C) groups is 1. The number of hydrogen-bond acceptors (Lipinski definition) is 5. The van der Waals surface area contributed by atoms with Gasteiger partial charge in [0.2, 0.25) is 5.91 Å². The Hall–Kier alpha value is -2.95. The van der Waals surface area contributed by atoms with Crippen LogP contribution in [-0.4, -0.2) is 59.2 Å². The van der Waals surface area contributed by atoms with Gasteiger partial charge in [-0.25, -0.2) is 4.79 Å². The summed E-state index contributed by atoms with van der Waals surface area (Å²) in [5.74, 6) is -1.13. The van der Waals surface area contributed by atoms with Crippen molar-refractivity contribution in [3.05, 3.63) is 40.3 Å². The molecule has 7 nitrogen and oxygen atoms in total. The van der Waals surface area contributed by atoms with Crippen LogP contribution in [0.25, 0.3) is 0 Å². The average Bonchev–Trinajstić information content (AvgIpc) is 2.74. The molecule has 1 aromatic rings. The summed E-state index contributed by atoms with van der Waals surface area (Å²) < 4.78 is 39.5. The van der Waals surface area contributed by atoms with Crippen LogP contribution in [0.1, 0.15) is 25.8 Å². The third-order valence-electron chi connectivity index (χ3n) is 5.17. The fraction of sp³-hybridized carbons (Fsp3) is 0.409. The van der Waals surface area contributed by atoms with Crippen molar-refractivity contribution in [2.24, 2.45) is 16.8 Å². The van der Waals surface area contributed by atoms with E-state index in [4.69, 9.17) is 0 Å². The molecule has 0 fully saturated rings. The molecule has 0 aliphatic carbocycles. The second-order valence-electron chi connectivity index (χ2n) is 8.19. The first kappa shape index (κ1) is 24.7. The van der Waals surface area contributed by atoms with Crippen LogP contribution in [0.5, 0.6) is 0 Å². The van der Waals surface area contributed by atoms with Gasteiger partial charge in [0, 0.05) is 10.6 Å². The molecule has 2 aliphatic heterocycles. The van der Waals surface area contributed by atoms with Crippen molar-refractivity contribution in [3.8, 4) is 0 Å². The van der Waals surface area contributed by atoms with E-state index < -0.39 is 35.5 Å². The Morgan fingerprint density at radius 3 is 2.45 bits per heavy atom. The largest absolute Gasteiger partial charge is 0.445 e. The van der Waals surface area contributed by atoms with Gasteiger partial charge in [0.25, 0.3) is 5.84 Å². The van der Waals surface area contributed by atoms with E-state index in [2.05, 4.69) is 10.3 Å². The molecule has 0 saturated heterocycles. The van der Waals surface area contributed by atoms with Crippen molar-refractivity contribution < 1.29 is 32.1 Å². The van der Waals surface area contributed by atoms with E-state index in [1.54, 1.807) is 6.21 Å². The van der Waals surface area contributed by atoms with Crippen molar-refractivity contribution in [2.75, 3.05) is 25.2 Å². The number of benzene rings is 1. The fourth-order valence-corrected chi connectivity index (χ4v) is 4.60. The van der Waals surface area contributed by atoms with E-state index in [0.717, 1.165) is 22.6 Å². The van der Waals surface area contributed by atoms with Crippen molar-refractivity contribution in [2.45, 2.75) is 26.4 Å². The molecule has 4 amide bonds. The molecule has 176 valence electrons. The zero-order valence-corrected chi connectivity index (χ0v) is 19.4. The molecule has 0 saturated carbocycles. The van der Waals surface area contributed by atoms with Gasteiger partial charge in [-0.2, -0.15) is 22.6 Å². The number of allylic oxidation sites excluding steroid dienone is 1. The first-order chi connectivity index (χ1) is 15.4. The third-order valence-corrected chi connectivity index (χ3v) is 6.38. The summed E-state index contributed by atoms with van der Waals surface area (Å²) in [7, 11) is 2.94. The molecule has 0 radical (unpaired) electrons. The Bertz CT molecular complexity index is 1080. The molecular weight excluding hydrogens is 457 g/mol. The van der Waals surface area contributed by atoms with E-state index in [-0.39, 0.29) is 17.4 Å². The minimum atomic E-state index is -4.46. The lowest BCUT2D eigenvalue weighted by atomic mass is 9.94. The number of hydrogen-bond donors (Lipinski definition) is 1. The third kappa shape index (κ3) is 5.35.